The molecule has 7 atom stereocenters. The molecule has 0 aromatic rings. The lowest BCUT2D eigenvalue weighted by molar-refractivity contribution is -0.229. The van der Waals surface area contributed by atoms with Crippen molar-refractivity contribution in [2.24, 2.45) is 22.7 Å². The van der Waals surface area contributed by atoms with E-state index in [1.807, 2.05) is 0 Å². The van der Waals surface area contributed by atoms with Crippen molar-refractivity contribution in [1.82, 2.24) is 0 Å². The Morgan fingerprint density at radius 3 is 2.67 bits per heavy atom. The van der Waals surface area contributed by atoms with E-state index in [9.17, 15) is 19.5 Å². The van der Waals surface area contributed by atoms with Crippen LogP contribution in [0, 0.1) is 22.7 Å². The Morgan fingerprint density at radius 1 is 1.33 bits per heavy atom. The monoisotopic (exact) mass is 480 g/mol. The number of carbonyl (C=O) groups is 3. The zero-order chi connectivity index (χ0) is 24.4. The van der Waals surface area contributed by atoms with Crippen LogP contribution in [0.2, 0.25) is 0 Å². The number of aliphatic hydroxyl groups excluding tert-OH is 1. The maximum Gasteiger partial charge on any atom is 0.356 e. The number of halogens is 2. The van der Waals surface area contributed by atoms with Gasteiger partial charge in [-0.25, -0.2) is 9.18 Å². The average molecular weight is 481 g/mol. The number of carbonyl (C=O) groups excluding carboxylic acids is 3. The molecule has 0 aliphatic heterocycles. The van der Waals surface area contributed by atoms with Crippen molar-refractivity contribution >= 4 is 29.3 Å². The fraction of sp³-hybridized carbons (Fsp3) is 0.640. The Bertz CT molecular complexity index is 989. The molecule has 3 fully saturated rings. The zero-order valence-corrected chi connectivity index (χ0v) is 19.9. The van der Waals surface area contributed by atoms with E-state index in [0.717, 1.165) is 0 Å². The zero-order valence-electron chi connectivity index (χ0n) is 19.2. The van der Waals surface area contributed by atoms with Crippen LogP contribution in [0.5, 0.6) is 0 Å². The number of fused-ring (bicyclic) bond motifs is 5. The molecule has 0 radical (unpaired) electrons. The highest BCUT2D eigenvalue weighted by Gasteiger charge is 2.77. The number of aliphatic hydroxyl groups is 1. The molecule has 0 heterocycles. The number of rotatable bonds is 4. The van der Waals surface area contributed by atoms with Gasteiger partial charge in [-0.15, -0.1) is 0 Å². The Hall–Kier alpha value is -1.99. The minimum atomic E-state index is -2.07. The first kappa shape index (κ1) is 24.1. The fourth-order valence-corrected chi connectivity index (χ4v) is 7.26. The van der Waals surface area contributed by atoms with Gasteiger partial charge in [0.2, 0.25) is 5.60 Å². The standard InChI is InChI=1S/C25H30ClFO6/c1-5-20(30)33-25(21(31)32-13-26)14(2)10-18-17-7-6-15-11-16(28)8-9-22(15,3)24(17,27)19(29)12-23(18,25)4/h8-9,11,17-19,29H,2,5-7,10,12-13H2,1,3-4H3/t17-,18-,19-,22-,23-,24-,25+/m0/s1. The highest BCUT2D eigenvalue weighted by Crippen LogP contribution is 2.71. The van der Waals surface area contributed by atoms with E-state index in [-0.39, 0.29) is 25.0 Å². The molecule has 0 unspecified atom stereocenters. The minimum Gasteiger partial charge on any atom is -0.446 e. The summed E-state index contributed by atoms with van der Waals surface area (Å²) < 4.78 is 28.1. The normalized spacial score (nSPS) is 43.8. The molecule has 6 nitrogen and oxygen atoms in total. The first-order valence-corrected chi connectivity index (χ1v) is 11.9. The number of hydrogen-bond donors (Lipinski definition) is 1. The summed E-state index contributed by atoms with van der Waals surface area (Å²) in [5, 5.41) is 11.4. The third-order valence-electron chi connectivity index (χ3n) is 8.83. The SMILES string of the molecule is C=C1C[C@H]2[C@@H]3CCC4=CC(=O)C=C[C@]4(C)[C@@]3(F)[C@@H](O)C[C@]2(C)[C@]1(OC(=O)CC)C(=O)OCCl. The Balaban J connectivity index is 1.85. The summed E-state index contributed by atoms with van der Waals surface area (Å²) in [5.41, 5.74) is -5.25. The predicted molar refractivity (Wildman–Crippen MR) is 119 cm³/mol. The van der Waals surface area contributed by atoms with Gasteiger partial charge in [-0.1, -0.05) is 43.7 Å². The fourth-order valence-electron chi connectivity index (χ4n) is 7.16. The molecule has 0 saturated heterocycles. The molecule has 1 N–H and O–H groups in total. The molecular formula is C25H30ClFO6. The average Bonchev–Trinajstić information content (AvgIpc) is 2.97. The molecule has 0 spiro atoms. The summed E-state index contributed by atoms with van der Waals surface area (Å²) in [6.45, 7) is 9.13. The summed E-state index contributed by atoms with van der Waals surface area (Å²) in [6.07, 6.45) is 3.89. The van der Waals surface area contributed by atoms with Crippen molar-refractivity contribution < 1.29 is 33.4 Å². The van der Waals surface area contributed by atoms with Gasteiger partial charge < -0.3 is 14.6 Å². The summed E-state index contributed by atoms with van der Waals surface area (Å²) in [6, 6.07) is -0.442. The summed E-state index contributed by atoms with van der Waals surface area (Å²) >= 11 is 5.68. The number of esters is 2. The second-order valence-electron chi connectivity index (χ2n) is 10.1. The Kier molecular flexibility index (Phi) is 5.69. The van der Waals surface area contributed by atoms with Gasteiger partial charge in [0.1, 0.15) is 0 Å². The lowest BCUT2D eigenvalue weighted by Crippen LogP contribution is -2.69. The predicted octanol–water partition coefficient (Wildman–Crippen LogP) is 3.95. The number of alkyl halides is 2. The molecule has 3 saturated carbocycles. The first-order chi connectivity index (χ1) is 15.4. The topological polar surface area (TPSA) is 89.9 Å². The number of hydrogen-bond acceptors (Lipinski definition) is 6. The van der Waals surface area contributed by atoms with Crippen LogP contribution < -0.4 is 0 Å². The van der Waals surface area contributed by atoms with Gasteiger partial charge in [-0.3, -0.25) is 9.59 Å². The molecule has 0 bridgehead atoms. The van der Waals surface area contributed by atoms with Gasteiger partial charge in [0.15, 0.2) is 17.5 Å². The van der Waals surface area contributed by atoms with Crippen LogP contribution in [0.25, 0.3) is 0 Å². The van der Waals surface area contributed by atoms with Crippen molar-refractivity contribution in [2.75, 3.05) is 6.07 Å². The van der Waals surface area contributed by atoms with E-state index >= 15 is 4.39 Å². The number of ether oxygens (including phenoxy) is 2. The van der Waals surface area contributed by atoms with Crippen molar-refractivity contribution in [3.63, 3.8) is 0 Å². The summed E-state index contributed by atoms with van der Waals surface area (Å²) in [4.78, 5) is 37.7. The van der Waals surface area contributed by atoms with E-state index in [1.54, 1.807) is 26.8 Å². The smallest absolute Gasteiger partial charge is 0.356 e. The van der Waals surface area contributed by atoms with E-state index in [2.05, 4.69) is 6.58 Å². The summed E-state index contributed by atoms with van der Waals surface area (Å²) in [7, 11) is 0. The van der Waals surface area contributed by atoms with Crippen molar-refractivity contribution in [2.45, 2.75) is 70.2 Å². The van der Waals surface area contributed by atoms with E-state index < -0.39 is 58.0 Å². The second-order valence-corrected chi connectivity index (χ2v) is 10.3. The van der Waals surface area contributed by atoms with Crippen LogP contribution in [-0.4, -0.2) is 46.3 Å². The Labute approximate surface area is 197 Å². The van der Waals surface area contributed by atoms with Gasteiger partial charge in [0, 0.05) is 23.2 Å². The van der Waals surface area contributed by atoms with Crippen LogP contribution >= 0.6 is 11.6 Å². The lowest BCUT2D eigenvalue weighted by Gasteiger charge is -2.62. The molecule has 0 aromatic heterocycles. The number of ketones is 1. The lowest BCUT2D eigenvalue weighted by atomic mass is 9.45. The maximum absolute atomic E-state index is 17.2. The quantitative estimate of drug-likeness (QED) is 0.372. The van der Waals surface area contributed by atoms with Crippen molar-refractivity contribution in [3.05, 3.63) is 36.0 Å². The van der Waals surface area contributed by atoms with Crippen molar-refractivity contribution in [1.29, 1.82) is 0 Å². The van der Waals surface area contributed by atoms with Gasteiger partial charge in [-0.2, -0.15) is 0 Å². The second kappa shape index (κ2) is 7.77. The van der Waals surface area contributed by atoms with E-state index in [1.165, 1.54) is 12.2 Å². The molecular weight excluding hydrogens is 451 g/mol. The van der Waals surface area contributed by atoms with E-state index in [0.29, 0.717) is 24.0 Å². The largest absolute Gasteiger partial charge is 0.446 e. The van der Waals surface area contributed by atoms with Crippen LogP contribution in [-0.2, 0) is 23.9 Å². The molecule has 0 amide bonds. The molecule has 4 rings (SSSR count). The highest BCUT2D eigenvalue weighted by atomic mass is 35.5. The van der Waals surface area contributed by atoms with Gasteiger partial charge in [0.05, 0.1) is 6.10 Å². The van der Waals surface area contributed by atoms with Gasteiger partial charge >= 0.3 is 11.9 Å². The van der Waals surface area contributed by atoms with Gasteiger partial charge in [-0.05, 0) is 56.3 Å². The molecule has 180 valence electrons. The first-order valence-electron chi connectivity index (χ1n) is 11.4. The van der Waals surface area contributed by atoms with E-state index in [4.69, 9.17) is 21.1 Å². The Morgan fingerprint density at radius 2 is 2.03 bits per heavy atom. The molecule has 0 aromatic carbocycles. The van der Waals surface area contributed by atoms with Crippen LogP contribution in [0.4, 0.5) is 4.39 Å². The third-order valence-corrected chi connectivity index (χ3v) is 8.94. The maximum atomic E-state index is 17.2. The number of allylic oxidation sites excluding steroid dienone is 4. The van der Waals surface area contributed by atoms with Crippen LogP contribution in [0.3, 0.4) is 0 Å². The summed E-state index contributed by atoms with van der Waals surface area (Å²) in [5.74, 6) is -2.77. The van der Waals surface area contributed by atoms with Crippen LogP contribution in [0.15, 0.2) is 36.0 Å². The highest BCUT2D eigenvalue weighted by molar-refractivity contribution is 6.17. The van der Waals surface area contributed by atoms with Crippen molar-refractivity contribution in [3.8, 4) is 0 Å². The molecule has 8 heteroatoms. The van der Waals surface area contributed by atoms with Gasteiger partial charge in [0.25, 0.3) is 0 Å². The van der Waals surface area contributed by atoms with Crippen LogP contribution in [0.1, 0.15) is 52.9 Å². The minimum absolute atomic E-state index is 0.0218. The molecule has 33 heavy (non-hydrogen) atoms. The third kappa shape index (κ3) is 2.91. The molecule has 4 aliphatic rings. The molecule has 4 aliphatic carbocycles.